The Morgan fingerprint density at radius 1 is 1.26 bits per heavy atom. The summed E-state index contributed by atoms with van der Waals surface area (Å²) < 4.78 is 14.2. The number of anilines is 1. The summed E-state index contributed by atoms with van der Waals surface area (Å²) in [5.74, 6) is -1.02. The average molecular weight is 400 g/mol. The lowest BCUT2D eigenvalue weighted by Crippen LogP contribution is -2.42. The summed E-state index contributed by atoms with van der Waals surface area (Å²) in [4.78, 5) is 24.3. The normalized spacial score (nSPS) is 10.2. The van der Waals surface area contributed by atoms with Crippen LogP contribution in [0.4, 0.5) is 14.9 Å². The number of imide groups is 1. The van der Waals surface area contributed by atoms with Crippen LogP contribution >= 0.6 is 27.3 Å². The summed E-state index contributed by atoms with van der Waals surface area (Å²) in [6, 6.07) is 7.80. The molecular formula is C15H15BrFN3O2S. The van der Waals surface area contributed by atoms with E-state index in [1.165, 1.54) is 12.1 Å². The van der Waals surface area contributed by atoms with Gasteiger partial charge in [0.25, 0.3) is 0 Å². The molecule has 2 aromatic rings. The molecule has 0 spiro atoms. The van der Waals surface area contributed by atoms with E-state index < -0.39 is 17.8 Å². The van der Waals surface area contributed by atoms with Gasteiger partial charge in [-0.25, -0.2) is 9.18 Å². The van der Waals surface area contributed by atoms with E-state index in [2.05, 4.69) is 31.9 Å². The minimum absolute atomic E-state index is 0.196. The van der Waals surface area contributed by atoms with Crippen molar-refractivity contribution in [2.45, 2.75) is 6.42 Å². The van der Waals surface area contributed by atoms with E-state index in [4.69, 9.17) is 0 Å². The molecule has 0 aliphatic heterocycles. The molecule has 0 atom stereocenters. The van der Waals surface area contributed by atoms with Crippen molar-refractivity contribution in [3.63, 3.8) is 0 Å². The smallest absolute Gasteiger partial charge is 0.321 e. The fraction of sp³-hybridized carbons (Fsp3) is 0.200. The van der Waals surface area contributed by atoms with Crippen LogP contribution in [-0.2, 0) is 11.2 Å². The van der Waals surface area contributed by atoms with Gasteiger partial charge in [-0.05, 0) is 36.1 Å². The number of benzene rings is 1. The minimum Gasteiger partial charge on any atom is -0.374 e. The molecule has 23 heavy (non-hydrogen) atoms. The van der Waals surface area contributed by atoms with Gasteiger partial charge in [-0.2, -0.15) is 0 Å². The molecule has 5 nitrogen and oxygen atoms in total. The van der Waals surface area contributed by atoms with Gasteiger partial charge in [-0.15, -0.1) is 11.3 Å². The van der Waals surface area contributed by atoms with E-state index in [1.54, 1.807) is 17.4 Å². The zero-order chi connectivity index (χ0) is 16.7. The second-order valence-electron chi connectivity index (χ2n) is 4.61. The predicted molar refractivity (Wildman–Crippen MR) is 92.2 cm³/mol. The molecule has 0 aliphatic rings. The van der Waals surface area contributed by atoms with Crippen molar-refractivity contribution in [3.05, 3.63) is 50.9 Å². The first-order valence-electron chi connectivity index (χ1n) is 6.83. The van der Waals surface area contributed by atoms with Gasteiger partial charge in [0.1, 0.15) is 5.82 Å². The Balaban J connectivity index is 1.68. The van der Waals surface area contributed by atoms with Crippen molar-refractivity contribution in [1.82, 2.24) is 10.6 Å². The van der Waals surface area contributed by atoms with Crippen molar-refractivity contribution in [1.29, 1.82) is 0 Å². The Labute approximate surface area is 145 Å². The number of thiophene rings is 1. The largest absolute Gasteiger partial charge is 0.374 e. The lowest BCUT2D eigenvalue weighted by Gasteiger charge is -2.09. The molecule has 1 heterocycles. The second-order valence-corrected chi connectivity index (χ2v) is 6.56. The van der Waals surface area contributed by atoms with Crippen LogP contribution in [0.1, 0.15) is 4.88 Å². The van der Waals surface area contributed by atoms with Crippen molar-refractivity contribution in [2.75, 3.05) is 18.4 Å². The van der Waals surface area contributed by atoms with E-state index in [0.29, 0.717) is 17.4 Å². The third-order valence-electron chi connectivity index (χ3n) is 2.86. The molecule has 0 saturated carbocycles. The highest BCUT2D eigenvalue weighted by Gasteiger charge is 2.09. The number of carbonyl (C=O) groups excluding carboxylic acids is 2. The molecule has 0 radical (unpaired) electrons. The Bertz CT molecular complexity index is 679. The lowest BCUT2D eigenvalue weighted by molar-refractivity contribution is -0.118. The molecule has 1 aromatic carbocycles. The molecule has 2 rings (SSSR count). The van der Waals surface area contributed by atoms with Crippen LogP contribution in [-0.4, -0.2) is 25.0 Å². The maximum atomic E-state index is 13.6. The van der Waals surface area contributed by atoms with Crippen LogP contribution in [0.25, 0.3) is 0 Å². The van der Waals surface area contributed by atoms with Crippen LogP contribution in [0, 0.1) is 5.82 Å². The van der Waals surface area contributed by atoms with Crippen molar-refractivity contribution in [2.24, 2.45) is 0 Å². The van der Waals surface area contributed by atoms with Crippen LogP contribution < -0.4 is 16.0 Å². The van der Waals surface area contributed by atoms with Crippen molar-refractivity contribution in [3.8, 4) is 0 Å². The van der Waals surface area contributed by atoms with Gasteiger partial charge >= 0.3 is 6.03 Å². The Kier molecular flexibility index (Phi) is 6.54. The number of rotatable bonds is 6. The highest BCUT2D eigenvalue weighted by atomic mass is 79.9. The third kappa shape index (κ3) is 5.99. The molecule has 0 unspecified atom stereocenters. The highest BCUT2D eigenvalue weighted by Crippen LogP contribution is 2.18. The zero-order valence-corrected chi connectivity index (χ0v) is 14.5. The van der Waals surface area contributed by atoms with Gasteiger partial charge in [0.05, 0.1) is 12.2 Å². The number of nitrogens with one attached hydrogen (secondary N) is 3. The summed E-state index contributed by atoms with van der Waals surface area (Å²) >= 11 is 4.76. The van der Waals surface area contributed by atoms with E-state index in [0.717, 1.165) is 4.88 Å². The van der Waals surface area contributed by atoms with Gasteiger partial charge in [0.15, 0.2) is 0 Å². The predicted octanol–water partition coefficient (Wildman–Crippen LogP) is 3.13. The average Bonchev–Trinajstić information content (AvgIpc) is 2.99. The molecule has 8 heteroatoms. The number of hydrogen-bond acceptors (Lipinski definition) is 4. The van der Waals surface area contributed by atoms with Crippen molar-refractivity contribution < 1.29 is 14.0 Å². The van der Waals surface area contributed by atoms with Gasteiger partial charge in [-0.3, -0.25) is 10.1 Å². The minimum atomic E-state index is -0.565. The highest BCUT2D eigenvalue weighted by molar-refractivity contribution is 9.10. The number of halogens is 2. The van der Waals surface area contributed by atoms with Crippen LogP contribution in [0.3, 0.4) is 0 Å². The molecule has 0 saturated heterocycles. The Hall–Kier alpha value is -1.93. The summed E-state index contributed by atoms with van der Waals surface area (Å²) in [5.41, 5.74) is 0.196. The summed E-state index contributed by atoms with van der Waals surface area (Å²) in [7, 11) is 0. The van der Waals surface area contributed by atoms with Crippen molar-refractivity contribution >= 4 is 44.9 Å². The second kappa shape index (κ2) is 8.64. The Morgan fingerprint density at radius 2 is 2.09 bits per heavy atom. The van der Waals surface area contributed by atoms with Gasteiger partial charge in [0, 0.05) is 15.9 Å². The monoisotopic (exact) mass is 399 g/mol. The topological polar surface area (TPSA) is 70.2 Å². The molecule has 3 amide bonds. The van der Waals surface area contributed by atoms with Crippen LogP contribution in [0.2, 0.25) is 0 Å². The van der Waals surface area contributed by atoms with Gasteiger partial charge < -0.3 is 10.6 Å². The summed E-state index contributed by atoms with van der Waals surface area (Å²) in [6.45, 7) is 0.241. The molecule has 0 bridgehead atoms. The van der Waals surface area contributed by atoms with E-state index >= 15 is 0 Å². The molecular weight excluding hydrogens is 385 g/mol. The Morgan fingerprint density at radius 3 is 2.78 bits per heavy atom. The number of hydrogen-bond donors (Lipinski definition) is 3. The standard InChI is InChI=1S/C15H15BrFN3O2S/c16-10-3-4-13(12(17)8-10)19-9-14(21)20-15(22)18-6-5-11-2-1-7-23-11/h1-4,7-8,19H,5-6,9H2,(H2,18,20,21,22). The van der Waals surface area contributed by atoms with E-state index in [9.17, 15) is 14.0 Å². The maximum absolute atomic E-state index is 13.6. The first-order valence-corrected chi connectivity index (χ1v) is 8.51. The maximum Gasteiger partial charge on any atom is 0.321 e. The van der Waals surface area contributed by atoms with E-state index in [1.807, 2.05) is 17.5 Å². The molecule has 0 aliphatic carbocycles. The summed E-state index contributed by atoms with van der Waals surface area (Å²) in [6.07, 6.45) is 0.710. The first kappa shape index (κ1) is 17.4. The van der Waals surface area contributed by atoms with Gasteiger partial charge in [0.2, 0.25) is 5.91 Å². The molecule has 1 aromatic heterocycles. The zero-order valence-electron chi connectivity index (χ0n) is 12.1. The number of carbonyl (C=O) groups is 2. The molecule has 3 N–H and O–H groups in total. The fourth-order valence-electron chi connectivity index (χ4n) is 1.78. The molecule has 122 valence electrons. The van der Waals surface area contributed by atoms with E-state index in [-0.39, 0.29) is 12.2 Å². The quantitative estimate of drug-likeness (QED) is 0.698. The third-order valence-corrected chi connectivity index (χ3v) is 4.29. The number of amides is 3. The number of urea groups is 1. The SMILES string of the molecule is O=C(CNc1ccc(Br)cc1F)NC(=O)NCCc1cccs1. The first-order chi connectivity index (χ1) is 11.0. The van der Waals surface area contributed by atoms with Crippen LogP contribution in [0.15, 0.2) is 40.2 Å². The summed E-state index contributed by atoms with van der Waals surface area (Å²) in [5, 5.41) is 9.38. The fourth-order valence-corrected chi connectivity index (χ4v) is 2.82. The van der Waals surface area contributed by atoms with Crippen LogP contribution in [0.5, 0.6) is 0 Å². The lowest BCUT2D eigenvalue weighted by atomic mass is 10.3. The molecule has 0 fully saturated rings. The van der Waals surface area contributed by atoms with Gasteiger partial charge in [-0.1, -0.05) is 22.0 Å².